The molecule has 1 aromatic carbocycles. The topological polar surface area (TPSA) is 92.3 Å². The normalized spacial score (nSPS) is 10.6. The Hall–Kier alpha value is -2.70. The SMILES string of the molecule is COc1cccc(/C=N/Nc2nc(=O)[nH]nc2C)c1. The first-order valence-electron chi connectivity index (χ1n) is 5.55. The summed E-state index contributed by atoms with van der Waals surface area (Å²) in [6.07, 6.45) is 1.60. The molecular formula is C12H13N5O2. The van der Waals surface area contributed by atoms with Gasteiger partial charge in [0.05, 0.1) is 13.3 Å². The highest BCUT2D eigenvalue weighted by atomic mass is 16.5. The largest absolute Gasteiger partial charge is 0.497 e. The number of methoxy groups -OCH3 is 1. The Bertz CT molecular complexity index is 651. The lowest BCUT2D eigenvalue weighted by atomic mass is 10.2. The highest BCUT2D eigenvalue weighted by Crippen LogP contribution is 2.11. The van der Waals surface area contributed by atoms with Gasteiger partial charge in [0.1, 0.15) is 11.4 Å². The molecule has 0 bridgehead atoms. The van der Waals surface area contributed by atoms with Crippen molar-refractivity contribution in [3.63, 3.8) is 0 Å². The van der Waals surface area contributed by atoms with Crippen LogP contribution in [0.3, 0.4) is 0 Å². The van der Waals surface area contributed by atoms with Gasteiger partial charge < -0.3 is 4.74 Å². The van der Waals surface area contributed by atoms with E-state index in [-0.39, 0.29) is 0 Å². The Morgan fingerprint density at radius 1 is 1.47 bits per heavy atom. The van der Waals surface area contributed by atoms with Crippen molar-refractivity contribution in [3.05, 3.63) is 46.0 Å². The summed E-state index contributed by atoms with van der Waals surface area (Å²) >= 11 is 0. The fourth-order valence-electron chi connectivity index (χ4n) is 1.39. The van der Waals surface area contributed by atoms with Gasteiger partial charge in [-0.25, -0.2) is 9.89 Å². The summed E-state index contributed by atoms with van der Waals surface area (Å²) in [4.78, 5) is 14.7. The Kier molecular flexibility index (Phi) is 3.87. The molecule has 0 spiro atoms. The lowest BCUT2D eigenvalue weighted by molar-refractivity contribution is 0.415. The molecule has 0 aliphatic rings. The minimum absolute atomic E-state index is 0.322. The molecule has 0 radical (unpaired) electrons. The number of rotatable bonds is 4. The van der Waals surface area contributed by atoms with E-state index in [1.807, 2.05) is 24.3 Å². The highest BCUT2D eigenvalue weighted by molar-refractivity contribution is 5.80. The second-order valence-electron chi connectivity index (χ2n) is 3.72. The number of hydrogen-bond donors (Lipinski definition) is 2. The van der Waals surface area contributed by atoms with Crippen molar-refractivity contribution in [2.24, 2.45) is 5.10 Å². The van der Waals surface area contributed by atoms with Crippen LogP contribution in [-0.2, 0) is 0 Å². The first-order valence-corrected chi connectivity index (χ1v) is 5.55. The molecule has 1 aromatic heterocycles. The summed E-state index contributed by atoms with van der Waals surface area (Å²) in [7, 11) is 1.60. The molecular weight excluding hydrogens is 246 g/mol. The Labute approximate surface area is 109 Å². The van der Waals surface area contributed by atoms with Gasteiger partial charge in [0.15, 0.2) is 5.82 Å². The zero-order chi connectivity index (χ0) is 13.7. The van der Waals surface area contributed by atoms with Gasteiger partial charge in [-0.05, 0) is 24.6 Å². The number of anilines is 1. The lowest BCUT2D eigenvalue weighted by Crippen LogP contribution is -2.15. The number of aromatic amines is 1. The molecule has 2 aromatic rings. The van der Waals surface area contributed by atoms with Crippen LogP contribution >= 0.6 is 0 Å². The van der Waals surface area contributed by atoms with Crippen LogP contribution in [-0.4, -0.2) is 28.5 Å². The molecule has 0 fully saturated rings. The number of hydrazone groups is 1. The van der Waals surface area contributed by atoms with Crippen LogP contribution < -0.4 is 15.9 Å². The summed E-state index contributed by atoms with van der Waals surface area (Å²) in [5, 5.41) is 10.0. The number of aryl methyl sites for hydroxylation is 1. The third kappa shape index (κ3) is 3.38. The number of aromatic nitrogens is 3. The highest BCUT2D eigenvalue weighted by Gasteiger charge is 2.00. The fraction of sp³-hybridized carbons (Fsp3) is 0.167. The van der Waals surface area contributed by atoms with Gasteiger partial charge >= 0.3 is 5.69 Å². The quantitative estimate of drug-likeness (QED) is 0.629. The maximum absolute atomic E-state index is 11.0. The molecule has 7 nitrogen and oxygen atoms in total. The molecule has 0 unspecified atom stereocenters. The van der Waals surface area contributed by atoms with Crippen molar-refractivity contribution in [3.8, 4) is 5.75 Å². The second-order valence-corrected chi connectivity index (χ2v) is 3.72. The number of ether oxygens (including phenoxy) is 1. The number of nitrogens with one attached hydrogen (secondary N) is 2. The number of nitrogens with zero attached hydrogens (tertiary/aromatic N) is 3. The fourth-order valence-corrected chi connectivity index (χ4v) is 1.39. The molecule has 2 N–H and O–H groups in total. The van der Waals surface area contributed by atoms with Crippen LogP contribution in [0.4, 0.5) is 5.82 Å². The first-order chi connectivity index (χ1) is 9.19. The summed E-state index contributed by atoms with van der Waals surface area (Å²) < 4.78 is 5.10. The molecule has 98 valence electrons. The van der Waals surface area contributed by atoms with Crippen molar-refractivity contribution in [2.75, 3.05) is 12.5 Å². The van der Waals surface area contributed by atoms with Crippen molar-refractivity contribution in [1.29, 1.82) is 0 Å². The van der Waals surface area contributed by atoms with E-state index in [0.717, 1.165) is 11.3 Å². The molecule has 0 amide bonds. The van der Waals surface area contributed by atoms with Gasteiger partial charge in [0.2, 0.25) is 0 Å². The van der Waals surface area contributed by atoms with E-state index in [1.54, 1.807) is 20.2 Å². The Morgan fingerprint density at radius 2 is 2.32 bits per heavy atom. The van der Waals surface area contributed by atoms with Crippen LogP contribution in [0.15, 0.2) is 34.2 Å². The monoisotopic (exact) mass is 259 g/mol. The third-order valence-electron chi connectivity index (χ3n) is 2.35. The van der Waals surface area contributed by atoms with E-state index in [0.29, 0.717) is 11.5 Å². The molecule has 7 heteroatoms. The smallest absolute Gasteiger partial charge is 0.363 e. The standard InChI is InChI=1S/C12H13N5O2/c1-8-11(14-12(18)17-15-8)16-13-7-9-4-3-5-10(6-9)19-2/h3-7H,1-2H3,(H2,14,16,17,18)/b13-7+. The molecule has 0 saturated heterocycles. The van der Waals surface area contributed by atoms with Crippen molar-refractivity contribution >= 4 is 12.0 Å². The van der Waals surface area contributed by atoms with E-state index in [4.69, 9.17) is 4.74 Å². The summed E-state index contributed by atoms with van der Waals surface area (Å²) in [5.41, 5.74) is 3.57. The van der Waals surface area contributed by atoms with Crippen molar-refractivity contribution in [1.82, 2.24) is 15.2 Å². The van der Waals surface area contributed by atoms with Gasteiger partial charge in [-0.2, -0.15) is 15.2 Å². The van der Waals surface area contributed by atoms with E-state index in [9.17, 15) is 4.79 Å². The van der Waals surface area contributed by atoms with Crippen LogP contribution in [0.5, 0.6) is 5.75 Å². The van der Waals surface area contributed by atoms with Crippen LogP contribution in [0.2, 0.25) is 0 Å². The third-order valence-corrected chi connectivity index (χ3v) is 2.35. The molecule has 0 atom stereocenters. The average Bonchev–Trinajstić information content (AvgIpc) is 2.43. The number of hydrogen-bond acceptors (Lipinski definition) is 6. The van der Waals surface area contributed by atoms with E-state index < -0.39 is 5.69 Å². The zero-order valence-electron chi connectivity index (χ0n) is 10.5. The average molecular weight is 259 g/mol. The van der Waals surface area contributed by atoms with Gasteiger partial charge in [0, 0.05) is 0 Å². The van der Waals surface area contributed by atoms with Crippen molar-refractivity contribution < 1.29 is 4.74 Å². The summed E-state index contributed by atoms with van der Waals surface area (Å²) in [6, 6.07) is 7.42. The predicted molar refractivity (Wildman–Crippen MR) is 71.6 cm³/mol. The zero-order valence-corrected chi connectivity index (χ0v) is 10.5. The van der Waals surface area contributed by atoms with Crippen LogP contribution in [0.1, 0.15) is 11.3 Å². The van der Waals surface area contributed by atoms with E-state index in [1.165, 1.54) is 0 Å². The van der Waals surface area contributed by atoms with Gasteiger partial charge in [-0.15, -0.1) is 0 Å². The van der Waals surface area contributed by atoms with E-state index in [2.05, 4.69) is 25.7 Å². The summed E-state index contributed by atoms with van der Waals surface area (Å²) in [5.74, 6) is 1.07. The molecule has 0 saturated carbocycles. The van der Waals surface area contributed by atoms with Gasteiger partial charge in [-0.3, -0.25) is 5.43 Å². The van der Waals surface area contributed by atoms with Gasteiger partial charge in [0.25, 0.3) is 0 Å². The maximum Gasteiger partial charge on any atom is 0.363 e. The predicted octanol–water partition coefficient (Wildman–Crippen LogP) is 0.928. The maximum atomic E-state index is 11.0. The Balaban J connectivity index is 2.11. The Morgan fingerprint density at radius 3 is 3.11 bits per heavy atom. The molecule has 19 heavy (non-hydrogen) atoms. The first kappa shape index (κ1) is 12.7. The second kappa shape index (κ2) is 5.76. The van der Waals surface area contributed by atoms with Crippen molar-refractivity contribution in [2.45, 2.75) is 6.92 Å². The number of benzene rings is 1. The molecule has 2 rings (SSSR count). The van der Waals surface area contributed by atoms with Crippen LogP contribution in [0, 0.1) is 6.92 Å². The van der Waals surface area contributed by atoms with Gasteiger partial charge in [-0.1, -0.05) is 12.1 Å². The van der Waals surface area contributed by atoms with E-state index >= 15 is 0 Å². The number of H-pyrrole nitrogens is 1. The molecule has 0 aliphatic carbocycles. The molecule has 1 heterocycles. The van der Waals surface area contributed by atoms with Crippen LogP contribution in [0.25, 0.3) is 0 Å². The molecule has 0 aliphatic heterocycles. The minimum atomic E-state index is -0.523. The lowest BCUT2D eigenvalue weighted by Gasteiger charge is -2.01. The minimum Gasteiger partial charge on any atom is -0.497 e. The summed E-state index contributed by atoms with van der Waals surface area (Å²) in [6.45, 7) is 1.71.